The largest absolute Gasteiger partial charge is 0.310 e. The van der Waals surface area contributed by atoms with Gasteiger partial charge in [0.15, 0.2) is 0 Å². The molecule has 2 N–H and O–H groups in total. The number of rotatable bonds is 4. The van der Waals surface area contributed by atoms with Crippen LogP contribution in [-0.2, 0) is 0 Å². The molecule has 72 valence electrons. The summed E-state index contributed by atoms with van der Waals surface area (Å²) in [5, 5.41) is 10.3. The SMILES string of the molecule is CC(NCC1CCC1)c1cn[nH]c1. The number of nitrogens with one attached hydrogen (secondary N) is 2. The molecule has 0 aromatic carbocycles. The first-order valence-corrected chi connectivity index (χ1v) is 5.08. The van der Waals surface area contributed by atoms with Crippen LogP contribution >= 0.6 is 0 Å². The van der Waals surface area contributed by atoms with Gasteiger partial charge >= 0.3 is 0 Å². The zero-order chi connectivity index (χ0) is 9.10. The minimum atomic E-state index is 0.430. The quantitative estimate of drug-likeness (QED) is 0.740. The number of hydrogen-bond acceptors (Lipinski definition) is 2. The molecule has 0 radical (unpaired) electrons. The molecule has 3 heteroatoms. The van der Waals surface area contributed by atoms with Crippen LogP contribution in [0.2, 0.25) is 0 Å². The van der Waals surface area contributed by atoms with Gasteiger partial charge in [0.05, 0.1) is 6.20 Å². The first kappa shape index (κ1) is 8.75. The molecule has 1 atom stereocenters. The molecule has 3 nitrogen and oxygen atoms in total. The van der Waals surface area contributed by atoms with E-state index in [1.165, 1.54) is 24.8 Å². The molecule has 1 saturated carbocycles. The molecule has 1 aliphatic carbocycles. The highest BCUT2D eigenvalue weighted by Crippen LogP contribution is 2.26. The molecule has 0 amide bonds. The third-order valence-corrected chi connectivity index (χ3v) is 2.96. The van der Waals surface area contributed by atoms with Crippen molar-refractivity contribution in [1.82, 2.24) is 15.5 Å². The van der Waals surface area contributed by atoms with Gasteiger partial charge in [-0.2, -0.15) is 5.10 Å². The fourth-order valence-electron chi connectivity index (χ4n) is 1.66. The van der Waals surface area contributed by atoms with Gasteiger partial charge in [-0.25, -0.2) is 0 Å². The molecular formula is C10H17N3. The summed E-state index contributed by atoms with van der Waals surface area (Å²) in [5.41, 5.74) is 1.25. The lowest BCUT2D eigenvalue weighted by atomic mass is 9.85. The summed E-state index contributed by atoms with van der Waals surface area (Å²) in [7, 11) is 0. The van der Waals surface area contributed by atoms with Crippen molar-refractivity contribution in [2.75, 3.05) is 6.54 Å². The van der Waals surface area contributed by atoms with Crippen LogP contribution in [0.15, 0.2) is 12.4 Å². The minimum absolute atomic E-state index is 0.430. The maximum absolute atomic E-state index is 3.94. The van der Waals surface area contributed by atoms with Crippen LogP contribution in [-0.4, -0.2) is 16.7 Å². The van der Waals surface area contributed by atoms with E-state index in [1.807, 2.05) is 12.4 Å². The van der Waals surface area contributed by atoms with Crippen LogP contribution in [0.4, 0.5) is 0 Å². The Morgan fingerprint density at radius 2 is 2.54 bits per heavy atom. The molecular weight excluding hydrogens is 162 g/mol. The van der Waals surface area contributed by atoms with Gasteiger partial charge in [0.25, 0.3) is 0 Å². The molecule has 0 spiro atoms. The number of nitrogens with zero attached hydrogens (tertiary/aromatic N) is 1. The highest BCUT2D eigenvalue weighted by molar-refractivity contribution is 5.07. The number of hydrogen-bond donors (Lipinski definition) is 2. The number of H-pyrrole nitrogens is 1. The molecule has 0 bridgehead atoms. The summed E-state index contributed by atoms with van der Waals surface area (Å²) < 4.78 is 0. The Morgan fingerprint density at radius 1 is 1.69 bits per heavy atom. The lowest BCUT2D eigenvalue weighted by molar-refractivity contribution is 0.292. The van der Waals surface area contributed by atoms with Gasteiger partial charge in [-0.1, -0.05) is 6.42 Å². The molecule has 1 aromatic rings. The predicted octanol–water partition coefficient (Wildman–Crippen LogP) is 1.86. The molecule has 1 aliphatic rings. The normalized spacial score (nSPS) is 19.8. The summed E-state index contributed by atoms with van der Waals surface area (Å²) in [6.07, 6.45) is 8.08. The summed E-state index contributed by atoms with van der Waals surface area (Å²) in [6, 6.07) is 0.430. The van der Waals surface area contributed by atoms with Crippen molar-refractivity contribution >= 4 is 0 Å². The van der Waals surface area contributed by atoms with Crippen LogP contribution in [0.3, 0.4) is 0 Å². The molecule has 2 rings (SSSR count). The van der Waals surface area contributed by atoms with Gasteiger partial charge in [0, 0.05) is 17.8 Å². The molecule has 1 heterocycles. The Labute approximate surface area is 78.9 Å². The Bertz CT molecular complexity index is 239. The van der Waals surface area contributed by atoms with E-state index in [4.69, 9.17) is 0 Å². The van der Waals surface area contributed by atoms with Crippen molar-refractivity contribution in [3.8, 4) is 0 Å². The fourth-order valence-corrected chi connectivity index (χ4v) is 1.66. The molecule has 1 unspecified atom stereocenters. The van der Waals surface area contributed by atoms with E-state index in [1.54, 1.807) is 0 Å². The van der Waals surface area contributed by atoms with Gasteiger partial charge in [0.2, 0.25) is 0 Å². The number of aromatic amines is 1. The summed E-state index contributed by atoms with van der Waals surface area (Å²) in [4.78, 5) is 0. The smallest absolute Gasteiger partial charge is 0.0534 e. The standard InChI is InChI=1S/C10H17N3/c1-8(10-6-12-13-7-10)11-5-9-3-2-4-9/h6-9,11H,2-5H2,1H3,(H,12,13). The topological polar surface area (TPSA) is 40.7 Å². The second kappa shape index (κ2) is 3.92. The van der Waals surface area contributed by atoms with Crippen molar-refractivity contribution in [3.05, 3.63) is 18.0 Å². The molecule has 1 aromatic heterocycles. The Hall–Kier alpha value is -0.830. The van der Waals surface area contributed by atoms with Gasteiger partial charge in [-0.15, -0.1) is 0 Å². The average Bonchev–Trinajstić information content (AvgIpc) is 2.52. The second-order valence-corrected chi connectivity index (χ2v) is 3.96. The third kappa shape index (κ3) is 2.10. The van der Waals surface area contributed by atoms with E-state index in [0.717, 1.165) is 12.5 Å². The summed E-state index contributed by atoms with van der Waals surface area (Å²) in [6.45, 7) is 3.34. The Balaban J connectivity index is 1.74. The van der Waals surface area contributed by atoms with Gasteiger partial charge < -0.3 is 5.32 Å². The Morgan fingerprint density at radius 3 is 3.08 bits per heavy atom. The van der Waals surface area contributed by atoms with E-state index >= 15 is 0 Å². The van der Waals surface area contributed by atoms with Gasteiger partial charge in [0.1, 0.15) is 0 Å². The van der Waals surface area contributed by atoms with Crippen LogP contribution < -0.4 is 5.32 Å². The van der Waals surface area contributed by atoms with E-state index in [-0.39, 0.29) is 0 Å². The van der Waals surface area contributed by atoms with Crippen LogP contribution in [0.1, 0.15) is 37.8 Å². The zero-order valence-corrected chi connectivity index (χ0v) is 8.09. The summed E-state index contributed by atoms with van der Waals surface area (Å²) in [5.74, 6) is 0.925. The van der Waals surface area contributed by atoms with Crippen molar-refractivity contribution in [2.45, 2.75) is 32.2 Å². The van der Waals surface area contributed by atoms with Crippen LogP contribution in [0.25, 0.3) is 0 Å². The van der Waals surface area contributed by atoms with E-state index in [9.17, 15) is 0 Å². The van der Waals surface area contributed by atoms with Crippen LogP contribution in [0, 0.1) is 5.92 Å². The fraction of sp³-hybridized carbons (Fsp3) is 0.700. The van der Waals surface area contributed by atoms with E-state index in [0.29, 0.717) is 6.04 Å². The van der Waals surface area contributed by atoms with Crippen molar-refractivity contribution in [3.63, 3.8) is 0 Å². The van der Waals surface area contributed by atoms with E-state index < -0.39 is 0 Å². The van der Waals surface area contributed by atoms with Gasteiger partial charge in [-0.05, 0) is 32.2 Å². The highest BCUT2D eigenvalue weighted by Gasteiger charge is 2.17. The lowest BCUT2D eigenvalue weighted by Crippen LogP contribution is -2.29. The van der Waals surface area contributed by atoms with Gasteiger partial charge in [-0.3, -0.25) is 5.10 Å². The average molecular weight is 179 g/mol. The molecule has 0 aliphatic heterocycles. The monoisotopic (exact) mass is 179 g/mol. The van der Waals surface area contributed by atoms with Crippen LogP contribution in [0.5, 0.6) is 0 Å². The van der Waals surface area contributed by atoms with Crippen molar-refractivity contribution < 1.29 is 0 Å². The zero-order valence-electron chi connectivity index (χ0n) is 8.09. The molecule has 0 saturated heterocycles. The highest BCUT2D eigenvalue weighted by atomic mass is 15.1. The Kier molecular flexibility index (Phi) is 2.64. The van der Waals surface area contributed by atoms with Crippen molar-refractivity contribution in [1.29, 1.82) is 0 Å². The minimum Gasteiger partial charge on any atom is -0.310 e. The third-order valence-electron chi connectivity index (χ3n) is 2.96. The van der Waals surface area contributed by atoms with Crippen molar-refractivity contribution in [2.24, 2.45) is 5.92 Å². The number of aromatic nitrogens is 2. The first-order valence-electron chi connectivity index (χ1n) is 5.08. The van der Waals surface area contributed by atoms with E-state index in [2.05, 4.69) is 22.4 Å². The lowest BCUT2D eigenvalue weighted by Gasteiger charge is -2.27. The predicted molar refractivity (Wildman–Crippen MR) is 52.3 cm³/mol. The summed E-state index contributed by atoms with van der Waals surface area (Å²) >= 11 is 0. The first-order chi connectivity index (χ1) is 6.36. The molecule has 1 fully saturated rings. The maximum atomic E-state index is 3.94. The second-order valence-electron chi connectivity index (χ2n) is 3.96. The maximum Gasteiger partial charge on any atom is 0.0534 e. The molecule has 13 heavy (non-hydrogen) atoms.